The van der Waals surface area contributed by atoms with Crippen LogP contribution in [0.4, 0.5) is 5.69 Å². The molecular formula is C21H31N3O4. The highest BCUT2D eigenvalue weighted by Crippen LogP contribution is 2.30. The number of ether oxygens (including phenoxy) is 1. The van der Waals surface area contributed by atoms with E-state index in [4.69, 9.17) is 4.74 Å². The van der Waals surface area contributed by atoms with E-state index in [1.54, 1.807) is 36.3 Å². The van der Waals surface area contributed by atoms with Crippen LogP contribution in [-0.4, -0.2) is 49.4 Å². The topological polar surface area (TPSA) is 87.7 Å². The van der Waals surface area contributed by atoms with Crippen molar-refractivity contribution < 1.29 is 19.1 Å². The van der Waals surface area contributed by atoms with Crippen LogP contribution >= 0.6 is 0 Å². The Hall–Kier alpha value is -2.57. The van der Waals surface area contributed by atoms with E-state index in [0.717, 1.165) is 12.8 Å². The first-order valence-corrected chi connectivity index (χ1v) is 9.64. The number of benzene rings is 1. The number of methoxy groups -OCH3 is 1. The summed E-state index contributed by atoms with van der Waals surface area (Å²) in [5.41, 5.74) is 0.490. The zero-order chi connectivity index (χ0) is 20.7. The van der Waals surface area contributed by atoms with Crippen molar-refractivity contribution >= 4 is 23.4 Å². The number of carbonyl (C=O) groups excluding carboxylic acids is 3. The molecule has 1 aromatic rings. The third-order valence-corrected chi connectivity index (χ3v) is 4.36. The molecule has 3 amide bonds. The molecule has 0 unspecified atom stereocenters. The van der Waals surface area contributed by atoms with E-state index in [1.807, 2.05) is 20.8 Å². The SMILES string of the molecule is COc1ccc(NC(=O)CNC(=O)CN(CC2CC2)C(=O)CC(C)(C)C)cc1. The molecule has 0 aliphatic heterocycles. The van der Waals surface area contributed by atoms with Crippen LogP contribution in [0.2, 0.25) is 0 Å². The Bertz CT molecular complexity index is 691. The summed E-state index contributed by atoms with van der Waals surface area (Å²) in [4.78, 5) is 38.5. The van der Waals surface area contributed by atoms with Crippen molar-refractivity contribution in [2.24, 2.45) is 11.3 Å². The van der Waals surface area contributed by atoms with Crippen LogP contribution in [-0.2, 0) is 14.4 Å². The van der Waals surface area contributed by atoms with Crippen LogP contribution < -0.4 is 15.4 Å². The zero-order valence-corrected chi connectivity index (χ0v) is 17.2. The minimum Gasteiger partial charge on any atom is -0.497 e. The predicted molar refractivity (Wildman–Crippen MR) is 108 cm³/mol. The van der Waals surface area contributed by atoms with Crippen LogP contribution in [0.25, 0.3) is 0 Å². The molecule has 0 radical (unpaired) electrons. The largest absolute Gasteiger partial charge is 0.497 e. The molecule has 0 saturated heterocycles. The lowest BCUT2D eigenvalue weighted by Gasteiger charge is -2.26. The maximum atomic E-state index is 12.5. The standard InChI is InChI=1S/C21H31N3O4/c1-21(2,3)11-20(27)24(13-15-5-6-15)14-19(26)22-12-18(25)23-16-7-9-17(28-4)10-8-16/h7-10,15H,5-6,11-14H2,1-4H3,(H,22,26)(H,23,25). The van der Waals surface area contributed by atoms with Crippen molar-refractivity contribution in [3.63, 3.8) is 0 Å². The molecule has 7 heteroatoms. The summed E-state index contributed by atoms with van der Waals surface area (Å²) in [7, 11) is 1.57. The summed E-state index contributed by atoms with van der Waals surface area (Å²) >= 11 is 0. The fourth-order valence-corrected chi connectivity index (χ4v) is 2.72. The molecule has 0 atom stereocenters. The zero-order valence-electron chi connectivity index (χ0n) is 17.2. The van der Waals surface area contributed by atoms with Crippen LogP contribution in [0.5, 0.6) is 5.75 Å². The number of carbonyl (C=O) groups is 3. The Kier molecular flexibility index (Phi) is 7.43. The summed E-state index contributed by atoms with van der Waals surface area (Å²) < 4.78 is 5.07. The van der Waals surface area contributed by atoms with Gasteiger partial charge in [-0.3, -0.25) is 14.4 Å². The van der Waals surface area contributed by atoms with Gasteiger partial charge in [0, 0.05) is 18.7 Å². The maximum Gasteiger partial charge on any atom is 0.243 e. The molecule has 1 aliphatic carbocycles. The van der Waals surface area contributed by atoms with Crippen LogP contribution in [0.15, 0.2) is 24.3 Å². The first-order valence-electron chi connectivity index (χ1n) is 9.64. The van der Waals surface area contributed by atoms with Gasteiger partial charge in [0.05, 0.1) is 20.2 Å². The Morgan fingerprint density at radius 2 is 1.75 bits per heavy atom. The molecule has 1 fully saturated rings. The molecule has 28 heavy (non-hydrogen) atoms. The summed E-state index contributed by atoms with van der Waals surface area (Å²) in [5.74, 6) is 0.523. The fourth-order valence-electron chi connectivity index (χ4n) is 2.72. The highest BCUT2D eigenvalue weighted by atomic mass is 16.5. The van der Waals surface area contributed by atoms with Gasteiger partial charge in [0.2, 0.25) is 17.7 Å². The average Bonchev–Trinajstić information content (AvgIpc) is 3.43. The molecule has 2 N–H and O–H groups in total. The molecule has 1 aromatic carbocycles. The van der Waals surface area contributed by atoms with E-state index in [2.05, 4.69) is 10.6 Å². The van der Waals surface area contributed by atoms with Crippen molar-refractivity contribution in [1.29, 1.82) is 0 Å². The Morgan fingerprint density at radius 1 is 1.11 bits per heavy atom. The van der Waals surface area contributed by atoms with E-state index >= 15 is 0 Å². The molecule has 0 aromatic heterocycles. The van der Waals surface area contributed by atoms with Crippen molar-refractivity contribution in [1.82, 2.24) is 10.2 Å². The number of nitrogens with one attached hydrogen (secondary N) is 2. The maximum absolute atomic E-state index is 12.5. The number of anilines is 1. The second-order valence-corrected chi connectivity index (χ2v) is 8.51. The van der Waals surface area contributed by atoms with Crippen LogP contribution in [0, 0.1) is 11.3 Å². The van der Waals surface area contributed by atoms with E-state index < -0.39 is 0 Å². The monoisotopic (exact) mass is 389 g/mol. The molecule has 154 valence electrons. The van der Waals surface area contributed by atoms with E-state index in [9.17, 15) is 14.4 Å². The van der Waals surface area contributed by atoms with Crippen LogP contribution in [0.3, 0.4) is 0 Å². The van der Waals surface area contributed by atoms with E-state index in [0.29, 0.717) is 30.3 Å². The Balaban J connectivity index is 1.80. The van der Waals surface area contributed by atoms with Gasteiger partial charge in [-0.15, -0.1) is 0 Å². The van der Waals surface area contributed by atoms with Gasteiger partial charge in [-0.05, 0) is 48.4 Å². The van der Waals surface area contributed by atoms with Gasteiger partial charge in [-0.2, -0.15) is 0 Å². The van der Waals surface area contributed by atoms with Gasteiger partial charge in [0.15, 0.2) is 0 Å². The molecule has 1 aliphatic rings. The minimum atomic E-state index is -0.326. The molecular weight excluding hydrogens is 358 g/mol. The van der Waals surface area contributed by atoms with Gasteiger partial charge < -0.3 is 20.3 Å². The quantitative estimate of drug-likeness (QED) is 0.679. The lowest BCUT2D eigenvalue weighted by molar-refractivity contribution is -0.137. The van der Waals surface area contributed by atoms with Gasteiger partial charge in [-0.1, -0.05) is 20.8 Å². The minimum absolute atomic E-state index is 0.0127. The van der Waals surface area contributed by atoms with Crippen molar-refractivity contribution in [3.05, 3.63) is 24.3 Å². The first kappa shape index (κ1) is 21.7. The second kappa shape index (κ2) is 9.57. The molecule has 2 rings (SSSR count). The summed E-state index contributed by atoms with van der Waals surface area (Å²) in [6.45, 7) is 6.47. The van der Waals surface area contributed by atoms with Gasteiger partial charge in [0.25, 0.3) is 0 Å². The molecule has 1 saturated carbocycles. The number of amides is 3. The van der Waals surface area contributed by atoms with E-state index in [1.165, 1.54) is 0 Å². The van der Waals surface area contributed by atoms with Crippen molar-refractivity contribution in [2.75, 3.05) is 32.1 Å². The molecule has 0 heterocycles. The van der Waals surface area contributed by atoms with Gasteiger partial charge in [-0.25, -0.2) is 0 Å². The lowest BCUT2D eigenvalue weighted by Crippen LogP contribution is -2.44. The van der Waals surface area contributed by atoms with Crippen LogP contribution in [0.1, 0.15) is 40.0 Å². The number of rotatable bonds is 9. The fraction of sp³-hybridized carbons (Fsp3) is 0.571. The third-order valence-electron chi connectivity index (χ3n) is 4.36. The summed E-state index contributed by atoms with van der Waals surface area (Å²) in [6.07, 6.45) is 2.60. The van der Waals surface area contributed by atoms with Gasteiger partial charge in [0.1, 0.15) is 5.75 Å². The summed E-state index contributed by atoms with van der Waals surface area (Å²) in [6, 6.07) is 6.93. The number of nitrogens with zero attached hydrogens (tertiary/aromatic N) is 1. The van der Waals surface area contributed by atoms with Crippen molar-refractivity contribution in [3.8, 4) is 5.75 Å². The highest BCUT2D eigenvalue weighted by molar-refractivity contribution is 5.95. The molecule has 7 nitrogen and oxygen atoms in total. The first-order chi connectivity index (χ1) is 13.2. The normalized spacial score (nSPS) is 13.6. The van der Waals surface area contributed by atoms with Gasteiger partial charge >= 0.3 is 0 Å². The lowest BCUT2D eigenvalue weighted by atomic mass is 9.91. The average molecular weight is 389 g/mol. The highest BCUT2D eigenvalue weighted by Gasteiger charge is 2.29. The summed E-state index contributed by atoms with van der Waals surface area (Å²) in [5, 5.41) is 5.31. The second-order valence-electron chi connectivity index (χ2n) is 8.51. The van der Waals surface area contributed by atoms with E-state index in [-0.39, 0.29) is 36.2 Å². The van der Waals surface area contributed by atoms with Crippen molar-refractivity contribution in [2.45, 2.75) is 40.0 Å². The predicted octanol–water partition coefficient (Wildman–Crippen LogP) is 2.42. The number of hydrogen-bond donors (Lipinski definition) is 2. The Morgan fingerprint density at radius 3 is 2.29 bits per heavy atom. The number of hydrogen-bond acceptors (Lipinski definition) is 4. The smallest absolute Gasteiger partial charge is 0.243 e. The molecule has 0 spiro atoms. The third kappa shape index (κ3) is 7.98. The Labute approximate surface area is 166 Å². The molecule has 0 bridgehead atoms.